The lowest BCUT2D eigenvalue weighted by Crippen LogP contribution is -2.51. The van der Waals surface area contributed by atoms with E-state index in [2.05, 4.69) is 58.7 Å². The highest BCUT2D eigenvalue weighted by Gasteiger charge is 2.42. The summed E-state index contributed by atoms with van der Waals surface area (Å²) in [6.45, 7) is 18.0. The molecule has 1 fully saturated rings. The van der Waals surface area contributed by atoms with E-state index in [4.69, 9.17) is 0 Å². The summed E-state index contributed by atoms with van der Waals surface area (Å²) in [5.41, 5.74) is 0.363. The van der Waals surface area contributed by atoms with Crippen molar-refractivity contribution in [1.82, 2.24) is 10.2 Å². The molecule has 1 saturated heterocycles. The molecule has 1 aliphatic heterocycles. The molecular formula is C16H32N2O. The monoisotopic (exact) mass is 268 g/mol. The fourth-order valence-corrected chi connectivity index (χ4v) is 3.07. The smallest absolute Gasteiger partial charge is 0.236 e. The van der Waals surface area contributed by atoms with Gasteiger partial charge < -0.3 is 10.2 Å². The summed E-state index contributed by atoms with van der Waals surface area (Å²) in [6, 6.07) is 0.373. The van der Waals surface area contributed by atoms with Gasteiger partial charge in [-0.25, -0.2) is 0 Å². The molecule has 3 heteroatoms. The molecule has 112 valence electrons. The van der Waals surface area contributed by atoms with Crippen molar-refractivity contribution >= 4 is 5.91 Å². The van der Waals surface area contributed by atoms with Crippen molar-refractivity contribution in [3.05, 3.63) is 0 Å². The molecule has 0 radical (unpaired) electrons. The van der Waals surface area contributed by atoms with E-state index < -0.39 is 0 Å². The molecule has 2 atom stereocenters. The Kier molecular flexibility index (Phi) is 5.05. The molecule has 3 nitrogen and oxygen atoms in total. The second kappa shape index (κ2) is 5.82. The zero-order chi connectivity index (χ0) is 14.8. The summed E-state index contributed by atoms with van der Waals surface area (Å²) in [7, 11) is 0. The Labute approximate surface area is 119 Å². The number of nitrogens with zero attached hydrogens (tertiary/aromatic N) is 1. The first-order valence-electron chi connectivity index (χ1n) is 7.58. The molecule has 0 spiro atoms. The summed E-state index contributed by atoms with van der Waals surface area (Å²) in [6.07, 6.45) is 1.03. The van der Waals surface area contributed by atoms with Gasteiger partial charge in [-0.2, -0.15) is 0 Å². The highest BCUT2D eigenvalue weighted by molar-refractivity contribution is 5.78. The van der Waals surface area contributed by atoms with E-state index in [1.165, 1.54) is 0 Å². The first kappa shape index (κ1) is 16.5. The largest absolute Gasteiger partial charge is 0.341 e. The standard InChI is InChI=1S/C16H32N2O/c1-8-9-18-11-12(15(2,3)4)14(16(5,6)7)17-10-13(18)19/h12,14,17H,8-11H2,1-7H3. The third-order valence-corrected chi connectivity index (χ3v) is 4.18. The molecule has 2 unspecified atom stereocenters. The molecule has 1 heterocycles. The van der Waals surface area contributed by atoms with Gasteiger partial charge in [-0.3, -0.25) is 4.79 Å². The Hall–Kier alpha value is -0.570. The van der Waals surface area contributed by atoms with Gasteiger partial charge in [0.15, 0.2) is 0 Å². The van der Waals surface area contributed by atoms with E-state index >= 15 is 0 Å². The fourth-order valence-electron chi connectivity index (χ4n) is 3.07. The maximum atomic E-state index is 12.2. The normalized spacial score (nSPS) is 26.5. The predicted octanol–water partition coefficient (Wildman–Crippen LogP) is 2.91. The van der Waals surface area contributed by atoms with Crippen LogP contribution >= 0.6 is 0 Å². The van der Waals surface area contributed by atoms with Crippen molar-refractivity contribution in [1.29, 1.82) is 0 Å². The molecule has 0 saturated carbocycles. The average molecular weight is 268 g/mol. The van der Waals surface area contributed by atoms with Gasteiger partial charge in [0.1, 0.15) is 0 Å². The van der Waals surface area contributed by atoms with Crippen molar-refractivity contribution in [2.75, 3.05) is 19.6 Å². The Balaban J connectivity index is 3.04. The van der Waals surface area contributed by atoms with E-state index in [0.717, 1.165) is 19.5 Å². The highest BCUT2D eigenvalue weighted by Crippen LogP contribution is 2.37. The summed E-state index contributed by atoms with van der Waals surface area (Å²) in [5, 5.41) is 3.53. The maximum Gasteiger partial charge on any atom is 0.236 e. The fraction of sp³-hybridized carbons (Fsp3) is 0.938. The third kappa shape index (κ3) is 4.20. The quantitative estimate of drug-likeness (QED) is 0.835. The number of rotatable bonds is 2. The molecule has 19 heavy (non-hydrogen) atoms. The van der Waals surface area contributed by atoms with Crippen LogP contribution < -0.4 is 5.32 Å². The first-order chi connectivity index (χ1) is 8.57. The van der Waals surface area contributed by atoms with Gasteiger partial charge in [0.05, 0.1) is 6.54 Å². The van der Waals surface area contributed by atoms with Gasteiger partial charge in [-0.05, 0) is 23.2 Å². The van der Waals surface area contributed by atoms with E-state index in [1.807, 2.05) is 0 Å². The SMILES string of the molecule is CCCN1CC(C(C)(C)C)C(C(C)(C)C)NCC1=O. The molecule has 1 N–H and O–H groups in total. The molecule has 0 aliphatic carbocycles. The minimum atomic E-state index is 0.167. The second-order valence-electron chi connectivity index (χ2n) is 8.04. The van der Waals surface area contributed by atoms with Crippen LogP contribution in [0.5, 0.6) is 0 Å². The van der Waals surface area contributed by atoms with Gasteiger partial charge in [-0.1, -0.05) is 48.5 Å². The van der Waals surface area contributed by atoms with E-state index in [9.17, 15) is 4.79 Å². The Morgan fingerprint density at radius 3 is 2.16 bits per heavy atom. The number of nitrogens with one attached hydrogen (secondary N) is 1. The molecule has 1 amide bonds. The van der Waals surface area contributed by atoms with Crippen molar-refractivity contribution in [3.8, 4) is 0 Å². The minimum Gasteiger partial charge on any atom is -0.341 e. The topological polar surface area (TPSA) is 32.3 Å². The van der Waals surface area contributed by atoms with Crippen LogP contribution in [0.3, 0.4) is 0 Å². The van der Waals surface area contributed by atoms with Gasteiger partial charge in [0.2, 0.25) is 5.91 Å². The highest BCUT2D eigenvalue weighted by atomic mass is 16.2. The molecule has 0 aromatic rings. The van der Waals surface area contributed by atoms with Crippen LogP contribution in [0.4, 0.5) is 0 Å². The Morgan fingerprint density at radius 2 is 1.74 bits per heavy atom. The van der Waals surface area contributed by atoms with Crippen LogP contribution in [0.25, 0.3) is 0 Å². The minimum absolute atomic E-state index is 0.167. The van der Waals surface area contributed by atoms with Crippen molar-refractivity contribution < 1.29 is 4.79 Å². The van der Waals surface area contributed by atoms with Crippen LogP contribution in [0.2, 0.25) is 0 Å². The van der Waals surface area contributed by atoms with Crippen LogP contribution in [-0.2, 0) is 4.79 Å². The second-order valence-corrected chi connectivity index (χ2v) is 8.04. The number of carbonyl (C=O) groups is 1. The predicted molar refractivity (Wildman–Crippen MR) is 81.1 cm³/mol. The van der Waals surface area contributed by atoms with Gasteiger partial charge in [0, 0.05) is 19.1 Å². The van der Waals surface area contributed by atoms with E-state index in [0.29, 0.717) is 18.5 Å². The molecular weight excluding hydrogens is 236 g/mol. The lowest BCUT2D eigenvalue weighted by atomic mass is 9.68. The third-order valence-electron chi connectivity index (χ3n) is 4.18. The molecule has 1 aliphatic rings. The van der Waals surface area contributed by atoms with Crippen LogP contribution in [0.1, 0.15) is 54.9 Å². The average Bonchev–Trinajstić information content (AvgIpc) is 2.38. The Bertz CT molecular complexity index is 312. The van der Waals surface area contributed by atoms with Crippen LogP contribution in [0.15, 0.2) is 0 Å². The van der Waals surface area contributed by atoms with Crippen molar-refractivity contribution in [3.63, 3.8) is 0 Å². The number of hydrogen-bond donors (Lipinski definition) is 1. The van der Waals surface area contributed by atoms with Crippen molar-refractivity contribution in [2.24, 2.45) is 16.7 Å². The van der Waals surface area contributed by atoms with Gasteiger partial charge >= 0.3 is 0 Å². The molecule has 0 aromatic heterocycles. The number of amides is 1. The molecule has 1 rings (SSSR count). The summed E-state index contributed by atoms with van der Waals surface area (Å²) in [5.74, 6) is 0.730. The first-order valence-corrected chi connectivity index (χ1v) is 7.58. The lowest BCUT2D eigenvalue weighted by molar-refractivity contribution is -0.130. The van der Waals surface area contributed by atoms with Crippen molar-refractivity contribution in [2.45, 2.75) is 60.9 Å². The summed E-state index contributed by atoms with van der Waals surface area (Å²) < 4.78 is 0. The van der Waals surface area contributed by atoms with Crippen LogP contribution in [0, 0.1) is 16.7 Å². The maximum absolute atomic E-state index is 12.2. The van der Waals surface area contributed by atoms with E-state index in [-0.39, 0.29) is 16.7 Å². The molecule has 0 bridgehead atoms. The van der Waals surface area contributed by atoms with Gasteiger partial charge in [-0.15, -0.1) is 0 Å². The zero-order valence-corrected chi connectivity index (χ0v) is 13.8. The summed E-state index contributed by atoms with van der Waals surface area (Å²) in [4.78, 5) is 14.3. The Morgan fingerprint density at radius 1 is 1.16 bits per heavy atom. The lowest BCUT2D eigenvalue weighted by Gasteiger charge is -2.43. The van der Waals surface area contributed by atoms with Gasteiger partial charge in [0.25, 0.3) is 0 Å². The molecule has 0 aromatic carbocycles. The van der Waals surface area contributed by atoms with E-state index in [1.54, 1.807) is 0 Å². The number of carbonyl (C=O) groups excluding carboxylic acids is 1. The summed E-state index contributed by atoms with van der Waals surface area (Å²) >= 11 is 0. The number of hydrogen-bond acceptors (Lipinski definition) is 2. The van der Waals surface area contributed by atoms with Crippen LogP contribution in [-0.4, -0.2) is 36.5 Å². The zero-order valence-electron chi connectivity index (χ0n) is 13.8.